The molecule has 2 N–H and O–H groups in total. The second-order valence-electron chi connectivity index (χ2n) is 6.22. The maximum Gasteiger partial charge on any atom is 0.256 e. The number of aliphatic hydroxyl groups is 1. The first-order chi connectivity index (χ1) is 13.2. The van der Waals surface area contributed by atoms with Crippen molar-refractivity contribution in [3.05, 3.63) is 88.2 Å². The SMILES string of the molecule is N#Cc1cccc2c(=O)[nH]c(-c3ccc(Cn4ccnc4CO)cc3)cc12. The Kier molecular flexibility index (Phi) is 4.29. The summed E-state index contributed by atoms with van der Waals surface area (Å²) in [7, 11) is 0. The van der Waals surface area contributed by atoms with Crippen molar-refractivity contribution in [1.29, 1.82) is 5.26 Å². The Balaban J connectivity index is 1.70. The van der Waals surface area contributed by atoms with Crippen LogP contribution < -0.4 is 5.56 Å². The molecule has 0 atom stereocenters. The van der Waals surface area contributed by atoms with Gasteiger partial charge in [-0.15, -0.1) is 0 Å². The van der Waals surface area contributed by atoms with Crippen LogP contribution in [-0.4, -0.2) is 19.6 Å². The third-order valence-corrected chi connectivity index (χ3v) is 4.57. The molecule has 0 amide bonds. The monoisotopic (exact) mass is 356 g/mol. The number of H-pyrrole nitrogens is 1. The summed E-state index contributed by atoms with van der Waals surface area (Å²) >= 11 is 0. The maximum absolute atomic E-state index is 12.4. The largest absolute Gasteiger partial charge is 0.388 e. The summed E-state index contributed by atoms with van der Waals surface area (Å²) in [5, 5.41) is 19.7. The quantitative estimate of drug-likeness (QED) is 0.588. The van der Waals surface area contributed by atoms with Crippen molar-refractivity contribution in [2.75, 3.05) is 0 Å². The van der Waals surface area contributed by atoms with Gasteiger partial charge in [-0.25, -0.2) is 4.98 Å². The van der Waals surface area contributed by atoms with Crippen molar-refractivity contribution < 1.29 is 5.11 Å². The molecule has 2 aromatic carbocycles. The lowest BCUT2D eigenvalue weighted by Gasteiger charge is -2.09. The second-order valence-corrected chi connectivity index (χ2v) is 6.22. The van der Waals surface area contributed by atoms with E-state index in [0.717, 1.165) is 11.1 Å². The molecular formula is C21H16N4O2. The van der Waals surface area contributed by atoms with Gasteiger partial charge in [-0.3, -0.25) is 4.79 Å². The number of benzene rings is 2. The molecule has 0 spiro atoms. The molecule has 0 aliphatic rings. The number of aliphatic hydroxyl groups excluding tert-OH is 1. The lowest BCUT2D eigenvalue weighted by molar-refractivity contribution is 0.266. The zero-order chi connectivity index (χ0) is 18.8. The van der Waals surface area contributed by atoms with Crippen LogP contribution in [0.4, 0.5) is 0 Å². The first kappa shape index (κ1) is 16.8. The third kappa shape index (κ3) is 3.12. The molecule has 2 heterocycles. The Morgan fingerprint density at radius 2 is 1.96 bits per heavy atom. The summed E-state index contributed by atoms with van der Waals surface area (Å²) in [5.41, 5.74) is 2.84. The smallest absolute Gasteiger partial charge is 0.256 e. The Morgan fingerprint density at radius 1 is 1.15 bits per heavy atom. The van der Waals surface area contributed by atoms with Gasteiger partial charge in [0.05, 0.1) is 11.6 Å². The van der Waals surface area contributed by atoms with Gasteiger partial charge in [-0.05, 0) is 29.3 Å². The molecular weight excluding hydrogens is 340 g/mol. The fraction of sp³-hybridized carbons (Fsp3) is 0.0952. The average Bonchev–Trinajstić information content (AvgIpc) is 3.15. The van der Waals surface area contributed by atoms with Crippen LogP contribution in [0.5, 0.6) is 0 Å². The van der Waals surface area contributed by atoms with Gasteiger partial charge in [-0.1, -0.05) is 30.3 Å². The minimum Gasteiger partial charge on any atom is -0.388 e. The van der Waals surface area contributed by atoms with E-state index in [1.54, 1.807) is 24.4 Å². The molecule has 4 aromatic rings. The minimum absolute atomic E-state index is 0.107. The average molecular weight is 356 g/mol. The lowest BCUT2D eigenvalue weighted by Crippen LogP contribution is -2.08. The van der Waals surface area contributed by atoms with Gasteiger partial charge in [0, 0.05) is 35.4 Å². The predicted octanol–water partition coefficient (Wildman–Crippen LogP) is 2.80. The predicted molar refractivity (Wildman–Crippen MR) is 102 cm³/mol. The Labute approximate surface area is 155 Å². The van der Waals surface area contributed by atoms with Crippen LogP contribution in [0.3, 0.4) is 0 Å². The summed E-state index contributed by atoms with van der Waals surface area (Å²) in [5.74, 6) is 0.613. The number of rotatable bonds is 4. The van der Waals surface area contributed by atoms with E-state index in [1.807, 2.05) is 41.1 Å². The molecule has 0 unspecified atom stereocenters. The molecule has 4 rings (SSSR count). The number of nitriles is 1. The number of aromatic nitrogens is 3. The number of nitrogens with zero attached hydrogens (tertiary/aromatic N) is 3. The first-order valence-corrected chi connectivity index (χ1v) is 8.46. The molecule has 6 nitrogen and oxygen atoms in total. The Hall–Kier alpha value is -3.69. The van der Waals surface area contributed by atoms with E-state index in [0.29, 0.717) is 34.4 Å². The summed E-state index contributed by atoms with van der Waals surface area (Å²) in [6, 6.07) is 16.9. The van der Waals surface area contributed by atoms with E-state index in [-0.39, 0.29) is 12.2 Å². The fourth-order valence-corrected chi connectivity index (χ4v) is 3.16. The van der Waals surface area contributed by atoms with E-state index in [1.165, 1.54) is 0 Å². The van der Waals surface area contributed by atoms with Gasteiger partial charge in [0.25, 0.3) is 5.56 Å². The van der Waals surface area contributed by atoms with Gasteiger partial charge in [0.15, 0.2) is 0 Å². The van der Waals surface area contributed by atoms with Crippen LogP contribution in [-0.2, 0) is 13.2 Å². The minimum atomic E-state index is -0.213. The highest BCUT2D eigenvalue weighted by Crippen LogP contribution is 2.23. The number of nitrogens with one attached hydrogen (secondary N) is 1. The highest BCUT2D eigenvalue weighted by Gasteiger charge is 2.08. The topological polar surface area (TPSA) is 94.7 Å². The Morgan fingerprint density at radius 3 is 2.70 bits per heavy atom. The van der Waals surface area contributed by atoms with Crippen molar-refractivity contribution in [3.8, 4) is 17.3 Å². The number of hydrogen-bond acceptors (Lipinski definition) is 4. The van der Waals surface area contributed by atoms with Gasteiger partial charge in [0.1, 0.15) is 12.4 Å². The van der Waals surface area contributed by atoms with E-state index in [9.17, 15) is 15.2 Å². The van der Waals surface area contributed by atoms with Crippen molar-refractivity contribution in [3.63, 3.8) is 0 Å². The summed E-state index contributed by atoms with van der Waals surface area (Å²) < 4.78 is 1.88. The number of imidazole rings is 1. The van der Waals surface area contributed by atoms with Crippen molar-refractivity contribution in [1.82, 2.24) is 14.5 Å². The molecule has 27 heavy (non-hydrogen) atoms. The maximum atomic E-state index is 12.4. The van der Waals surface area contributed by atoms with Crippen molar-refractivity contribution in [2.24, 2.45) is 0 Å². The van der Waals surface area contributed by atoms with Crippen molar-refractivity contribution >= 4 is 10.8 Å². The fourth-order valence-electron chi connectivity index (χ4n) is 3.16. The number of aromatic amines is 1. The van der Waals surface area contributed by atoms with E-state index < -0.39 is 0 Å². The third-order valence-electron chi connectivity index (χ3n) is 4.57. The molecule has 0 radical (unpaired) electrons. The van der Waals surface area contributed by atoms with Crippen LogP contribution in [0.1, 0.15) is 17.0 Å². The zero-order valence-electron chi connectivity index (χ0n) is 14.4. The van der Waals surface area contributed by atoms with Crippen molar-refractivity contribution in [2.45, 2.75) is 13.2 Å². The van der Waals surface area contributed by atoms with Gasteiger partial charge in [0.2, 0.25) is 0 Å². The van der Waals surface area contributed by atoms with Crippen LogP contribution in [0.2, 0.25) is 0 Å². The van der Waals surface area contributed by atoms with Gasteiger partial charge in [-0.2, -0.15) is 5.26 Å². The molecule has 132 valence electrons. The number of pyridine rings is 1. The molecule has 6 heteroatoms. The van der Waals surface area contributed by atoms with Crippen LogP contribution in [0, 0.1) is 11.3 Å². The van der Waals surface area contributed by atoms with E-state index >= 15 is 0 Å². The van der Waals surface area contributed by atoms with Crippen LogP contribution in [0.15, 0.2) is 65.7 Å². The van der Waals surface area contributed by atoms with Gasteiger partial charge >= 0.3 is 0 Å². The molecule has 2 aromatic heterocycles. The molecule has 0 bridgehead atoms. The molecule has 0 fully saturated rings. The van der Waals surface area contributed by atoms with Crippen LogP contribution >= 0.6 is 0 Å². The van der Waals surface area contributed by atoms with Crippen LogP contribution in [0.25, 0.3) is 22.0 Å². The molecule has 0 saturated carbocycles. The second kappa shape index (κ2) is 6.90. The zero-order valence-corrected chi connectivity index (χ0v) is 14.4. The highest BCUT2D eigenvalue weighted by molar-refractivity contribution is 5.89. The number of hydrogen-bond donors (Lipinski definition) is 2. The molecule has 0 aliphatic carbocycles. The molecule has 0 aliphatic heterocycles. The standard InChI is InChI=1S/C21H16N4O2/c22-11-16-2-1-3-17-18(16)10-19(24-21(17)27)15-6-4-14(5-7-15)12-25-9-8-23-20(25)13-26/h1-10,26H,12-13H2,(H,24,27). The summed E-state index contributed by atoms with van der Waals surface area (Å²) in [6.45, 7) is 0.494. The lowest BCUT2D eigenvalue weighted by atomic mass is 10.0. The highest BCUT2D eigenvalue weighted by atomic mass is 16.3. The molecule has 0 saturated heterocycles. The summed E-state index contributed by atoms with van der Waals surface area (Å²) in [6.07, 6.45) is 3.48. The summed E-state index contributed by atoms with van der Waals surface area (Å²) in [4.78, 5) is 19.4. The van der Waals surface area contributed by atoms with E-state index in [4.69, 9.17) is 0 Å². The first-order valence-electron chi connectivity index (χ1n) is 8.46. The number of fused-ring (bicyclic) bond motifs is 1. The van der Waals surface area contributed by atoms with E-state index in [2.05, 4.69) is 16.0 Å². The normalized spacial score (nSPS) is 10.8. The Bertz CT molecular complexity index is 1210. The van der Waals surface area contributed by atoms with Gasteiger partial charge < -0.3 is 14.7 Å².